The van der Waals surface area contributed by atoms with E-state index in [2.05, 4.69) is 36.1 Å². The third kappa shape index (κ3) is 6.35. The molecular weight excluding hydrogens is 544 g/mol. The van der Waals surface area contributed by atoms with Crippen LogP contribution in [0.2, 0.25) is 5.02 Å². The van der Waals surface area contributed by atoms with Gasteiger partial charge in [0.15, 0.2) is 5.60 Å². The first-order valence-corrected chi connectivity index (χ1v) is 15.3. The van der Waals surface area contributed by atoms with E-state index in [9.17, 15) is 9.59 Å². The number of hydrogen-bond acceptors (Lipinski definition) is 6. The molecule has 2 aliphatic rings. The molecule has 1 unspecified atom stereocenters. The zero-order valence-corrected chi connectivity index (χ0v) is 25.0. The summed E-state index contributed by atoms with van der Waals surface area (Å²) in [6, 6.07) is 18.0. The predicted octanol–water partition coefficient (Wildman–Crippen LogP) is 5.88. The molecule has 1 aromatic heterocycles. The van der Waals surface area contributed by atoms with Gasteiger partial charge in [0.2, 0.25) is 0 Å². The van der Waals surface area contributed by atoms with Crippen LogP contribution in [-0.4, -0.2) is 76.4 Å². The summed E-state index contributed by atoms with van der Waals surface area (Å²) >= 11 is 7.80. The molecule has 9 heteroatoms. The first kappa shape index (κ1) is 28.6. The number of likely N-dealkylation sites (tertiary alicyclic amines) is 1. The Hall–Kier alpha value is -2.94. The van der Waals surface area contributed by atoms with Crippen molar-refractivity contribution in [2.45, 2.75) is 51.2 Å². The summed E-state index contributed by atoms with van der Waals surface area (Å²) < 4.78 is 6.01. The molecule has 2 fully saturated rings. The SMILES string of the molecule is CC(c1ccccc1)N1CCN(C(=O)c2csc(C3CCN(C(=O)C(C)(C)Oc4ccccc4Cl)CC3)n2)CC1. The number of carbonyl (C=O) groups is 2. The largest absolute Gasteiger partial charge is 0.476 e. The van der Waals surface area contributed by atoms with Gasteiger partial charge in [-0.15, -0.1) is 11.3 Å². The van der Waals surface area contributed by atoms with Gasteiger partial charge in [0, 0.05) is 56.6 Å². The Morgan fingerprint density at radius 3 is 2.27 bits per heavy atom. The van der Waals surface area contributed by atoms with Crippen LogP contribution in [0.25, 0.3) is 0 Å². The molecule has 2 amide bonds. The Balaban J connectivity index is 1.12. The first-order chi connectivity index (χ1) is 19.2. The molecule has 0 radical (unpaired) electrons. The van der Waals surface area contributed by atoms with E-state index in [4.69, 9.17) is 21.3 Å². The molecule has 0 spiro atoms. The van der Waals surface area contributed by atoms with Crippen molar-refractivity contribution < 1.29 is 14.3 Å². The monoisotopic (exact) mass is 580 g/mol. The quantitative estimate of drug-likeness (QED) is 0.349. The van der Waals surface area contributed by atoms with E-state index in [-0.39, 0.29) is 17.7 Å². The molecule has 2 aromatic carbocycles. The van der Waals surface area contributed by atoms with Crippen molar-refractivity contribution in [3.05, 3.63) is 81.3 Å². The highest BCUT2D eigenvalue weighted by Crippen LogP contribution is 2.33. The number of halogens is 1. The van der Waals surface area contributed by atoms with Crippen LogP contribution in [0, 0.1) is 0 Å². The highest BCUT2D eigenvalue weighted by atomic mass is 35.5. The minimum Gasteiger partial charge on any atom is -0.476 e. The van der Waals surface area contributed by atoms with Crippen molar-refractivity contribution in [3.8, 4) is 5.75 Å². The number of benzene rings is 2. The van der Waals surface area contributed by atoms with Gasteiger partial charge in [-0.2, -0.15) is 0 Å². The van der Waals surface area contributed by atoms with Crippen molar-refractivity contribution in [1.82, 2.24) is 19.7 Å². The van der Waals surface area contributed by atoms with Crippen molar-refractivity contribution >= 4 is 34.8 Å². The number of para-hydroxylation sites is 1. The van der Waals surface area contributed by atoms with Crippen LogP contribution < -0.4 is 4.74 Å². The Morgan fingerprint density at radius 1 is 0.950 bits per heavy atom. The number of hydrogen-bond donors (Lipinski definition) is 0. The van der Waals surface area contributed by atoms with E-state index in [0.717, 1.165) is 30.9 Å². The number of amides is 2. The molecular formula is C31H37ClN4O3S. The fraction of sp³-hybridized carbons (Fsp3) is 0.452. The fourth-order valence-corrected chi connectivity index (χ4v) is 6.69. The van der Waals surface area contributed by atoms with Crippen LogP contribution in [-0.2, 0) is 4.79 Å². The maximum atomic E-state index is 13.3. The van der Waals surface area contributed by atoms with Gasteiger partial charge in [-0.05, 0) is 51.3 Å². The number of ether oxygens (including phenoxy) is 1. The van der Waals surface area contributed by atoms with Crippen molar-refractivity contribution in [1.29, 1.82) is 0 Å². The van der Waals surface area contributed by atoms with E-state index < -0.39 is 5.60 Å². The Labute approximate surface area is 245 Å². The number of carbonyl (C=O) groups excluding carboxylic acids is 2. The summed E-state index contributed by atoms with van der Waals surface area (Å²) in [5, 5.41) is 3.37. The topological polar surface area (TPSA) is 66.0 Å². The van der Waals surface area contributed by atoms with Gasteiger partial charge in [0.1, 0.15) is 11.4 Å². The summed E-state index contributed by atoms with van der Waals surface area (Å²) in [7, 11) is 0. The standard InChI is InChI=1S/C31H37ClN4O3S/c1-22(23-9-5-4-6-10-23)34-17-19-35(20-18-34)29(37)26-21-40-28(33-26)24-13-15-36(16-14-24)30(38)31(2,3)39-27-12-8-7-11-25(27)32/h4-12,21-22,24H,13-20H2,1-3H3. The first-order valence-electron chi connectivity index (χ1n) is 14.0. The van der Waals surface area contributed by atoms with Crippen molar-refractivity contribution in [3.63, 3.8) is 0 Å². The van der Waals surface area contributed by atoms with Crippen molar-refractivity contribution in [2.75, 3.05) is 39.3 Å². The number of aromatic nitrogens is 1. The average molecular weight is 581 g/mol. The van der Waals surface area contributed by atoms with Gasteiger partial charge >= 0.3 is 0 Å². The average Bonchev–Trinajstić information content (AvgIpc) is 3.48. The summed E-state index contributed by atoms with van der Waals surface area (Å²) in [6.07, 6.45) is 1.62. The lowest BCUT2D eigenvalue weighted by Gasteiger charge is -2.38. The van der Waals surface area contributed by atoms with Gasteiger partial charge in [-0.3, -0.25) is 14.5 Å². The van der Waals surface area contributed by atoms with Gasteiger partial charge in [-0.1, -0.05) is 54.1 Å². The maximum Gasteiger partial charge on any atom is 0.273 e. The van der Waals surface area contributed by atoms with Crippen LogP contribution >= 0.6 is 22.9 Å². The minimum absolute atomic E-state index is 0.0144. The highest BCUT2D eigenvalue weighted by molar-refractivity contribution is 7.09. The molecule has 3 aromatic rings. The normalized spacial score (nSPS) is 18.0. The van der Waals surface area contributed by atoms with Gasteiger partial charge in [0.05, 0.1) is 10.0 Å². The predicted molar refractivity (Wildman–Crippen MR) is 159 cm³/mol. The van der Waals surface area contributed by atoms with Crippen LogP contribution in [0.5, 0.6) is 5.75 Å². The number of rotatable bonds is 7. The molecule has 3 heterocycles. The van der Waals surface area contributed by atoms with Gasteiger partial charge in [0.25, 0.3) is 11.8 Å². The number of nitrogens with zero attached hydrogens (tertiary/aromatic N) is 4. The second-order valence-electron chi connectivity index (χ2n) is 11.1. The molecule has 2 saturated heterocycles. The maximum absolute atomic E-state index is 13.3. The number of thiazole rings is 1. The third-order valence-corrected chi connectivity index (χ3v) is 9.34. The number of piperazine rings is 1. The molecule has 1 atom stereocenters. The van der Waals surface area contributed by atoms with Gasteiger partial charge in [-0.25, -0.2) is 4.98 Å². The zero-order valence-electron chi connectivity index (χ0n) is 23.4. The molecule has 0 saturated carbocycles. The summed E-state index contributed by atoms with van der Waals surface area (Å²) in [4.78, 5) is 37.5. The molecule has 2 aliphatic heterocycles. The Kier molecular flexibility index (Phi) is 8.78. The lowest BCUT2D eigenvalue weighted by atomic mass is 9.96. The van der Waals surface area contributed by atoms with Crippen LogP contribution in [0.1, 0.15) is 66.6 Å². The lowest BCUT2D eigenvalue weighted by Crippen LogP contribution is -2.51. The van der Waals surface area contributed by atoms with Crippen LogP contribution in [0.15, 0.2) is 60.0 Å². The third-order valence-electron chi connectivity index (χ3n) is 8.02. The molecule has 0 bridgehead atoms. The molecule has 212 valence electrons. The summed E-state index contributed by atoms with van der Waals surface area (Å²) in [5.41, 5.74) is 0.815. The van der Waals surface area contributed by atoms with E-state index in [0.29, 0.717) is 48.7 Å². The molecule has 5 rings (SSSR count). The van der Waals surface area contributed by atoms with E-state index in [1.165, 1.54) is 5.56 Å². The van der Waals surface area contributed by atoms with Gasteiger partial charge < -0.3 is 14.5 Å². The second kappa shape index (κ2) is 12.3. The van der Waals surface area contributed by atoms with E-state index in [1.54, 1.807) is 37.3 Å². The number of piperidine rings is 1. The molecule has 40 heavy (non-hydrogen) atoms. The Morgan fingerprint density at radius 2 is 1.60 bits per heavy atom. The van der Waals surface area contributed by atoms with E-state index in [1.807, 2.05) is 33.4 Å². The lowest BCUT2D eigenvalue weighted by molar-refractivity contribution is -0.146. The fourth-order valence-electron chi connectivity index (χ4n) is 5.55. The highest BCUT2D eigenvalue weighted by Gasteiger charge is 2.37. The summed E-state index contributed by atoms with van der Waals surface area (Å²) in [6.45, 7) is 10.2. The van der Waals surface area contributed by atoms with E-state index >= 15 is 0 Å². The summed E-state index contributed by atoms with van der Waals surface area (Å²) in [5.74, 6) is 0.707. The van der Waals surface area contributed by atoms with Crippen molar-refractivity contribution in [2.24, 2.45) is 0 Å². The zero-order chi connectivity index (χ0) is 28.3. The smallest absolute Gasteiger partial charge is 0.273 e. The second-order valence-corrected chi connectivity index (χ2v) is 12.4. The van der Waals surface area contributed by atoms with Crippen LogP contribution in [0.4, 0.5) is 0 Å². The van der Waals surface area contributed by atoms with Crippen LogP contribution in [0.3, 0.4) is 0 Å². The molecule has 0 aliphatic carbocycles. The minimum atomic E-state index is -1.03. The molecule has 0 N–H and O–H groups in total. The molecule has 7 nitrogen and oxygen atoms in total. The Bertz CT molecular complexity index is 1310.